The Morgan fingerprint density at radius 1 is 1.33 bits per heavy atom. The highest BCUT2D eigenvalue weighted by Crippen LogP contribution is 2.12. The molecular weight excluding hydrogens is 232 g/mol. The van der Waals surface area contributed by atoms with E-state index in [0.29, 0.717) is 18.9 Å². The first kappa shape index (κ1) is 12.7. The highest BCUT2D eigenvalue weighted by atomic mass is 16.5. The van der Waals surface area contributed by atoms with Crippen LogP contribution in [0.5, 0.6) is 0 Å². The molecule has 1 aromatic carbocycles. The minimum atomic E-state index is -0.652. The number of rotatable bonds is 6. The molecule has 0 radical (unpaired) electrons. The Bertz CT molecular complexity index is 472. The van der Waals surface area contributed by atoms with Gasteiger partial charge in [0.25, 0.3) is 0 Å². The van der Waals surface area contributed by atoms with E-state index in [9.17, 15) is 5.11 Å². The van der Waals surface area contributed by atoms with Crippen molar-refractivity contribution < 1.29 is 9.84 Å². The molecular formula is C12H16N4O2. The molecule has 1 N–H and O–H groups in total. The second kappa shape index (κ2) is 6.23. The van der Waals surface area contributed by atoms with Gasteiger partial charge in [-0.25, -0.2) is 4.68 Å². The van der Waals surface area contributed by atoms with Crippen LogP contribution in [-0.4, -0.2) is 25.3 Å². The lowest BCUT2D eigenvalue weighted by Gasteiger charge is -2.09. The lowest BCUT2D eigenvalue weighted by molar-refractivity contribution is 0.0452. The highest BCUT2D eigenvalue weighted by Gasteiger charge is 2.14. The summed E-state index contributed by atoms with van der Waals surface area (Å²) < 4.78 is 6.98. The third kappa shape index (κ3) is 3.12. The summed E-state index contributed by atoms with van der Waals surface area (Å²) in [4.78, 5) is 0. The average Bonchev–Trinajstić information content (AvgIpc) is 2.87. The topological polar surface area (TPSA) is 73.1 Å². The van der Waals surface area contributed by atoms with Crippen molar-refractivity contribution in [3.63, 3.8) is 0 Å². The van der Waals surface area contributed by atoms with Crippen molar-refractivity contribution in [1.82, 2.24) is 20.2 Å². The summed E-state index contributed by atoms with van der Waals surface area (Å²) in [6.45, 7) is 2.59. The number of nitrogens with zero attached hydrogens (tertiary/aromatic N) is 4. The maximum Gasteiger partial charge on any atom is 0.182 e. The molecule has 1 atom stereocenters. The van der Waals surface area contributed by atoms with E-state index in [0.717, 1.165) is 5.56 Å². The van der Waals surface area contributed by atoms with Crippen LogP contribution in [0.1, 0.15) is 30.8 Å². The van der Waals surface area contributed by atoms with Gasteiger partial charge in [0.2, 0.25) is 0 Å². The molecule has 0 saturated heterocycles. The van der Waals surface area contributed by atoms with Crippen molar-refractivity contribution in [3.05, 3.63) is 41.7 Å². The van der Waals surface area contributed by atoms with Gasteiger partial charge in [0.1, 0.15) is 12.8 Å². The van der Waals surface area contributed by atoms with Crippen LogP contribution < -0.4 is 0 Å². The second-order valence-electron chi connectivity index (χ2n) is 3.92. The Hall–Kier alpha value is -1.79. The van der Waals surface area contributed by atoms with E-state index in [4.69, 9.17) is 4.74 Å². The molecule has 0 aliphatic rings. The van der Waals surface area contributed by atoms with Crippen LogP contribution in [0.4, 0.5) is 0 Å². The summed E-state index contributed by atoms with van der Waals surface area (Å²) in [6, 6.07) is 9.85. The van der Waals surface area contributed by atoms with Crippen LogP contribution in [-0.2, 0) is 18.1 Å². The van der Waals surface area contributed by atoms with Gasteiger partial charge in [-0.05, 0) is 22.4 Å². The van der Waals surface area contributed by atoms with Crippen molar-refractivity contribution in [1.29, 1.82) is 0 Å². The number of benzene rings is 1. The minimum Gasteiger partial charge on any atom is -0.385 e. The van der Waals surface area contributed by atoms with Crippen LogP contribution in [0.25, 0.3) is 0 Å². The van der Waals surface area contributed by atoms with Gasteiger partial charge >= 0.3 is 0 Å². The standard InChI is InChI=1S/C12H16N4O2/c1-2-11(17)12-13-14-15-16(12)9-18-8-10-6-4-3-5-7-10/h3-7,11,17H,2,8-9H2,1H3. The van der Waals surface area contributed by atoms with E-state index in [1.54, 1.807) is 0 Å². The molecule has 1 aromatic heterocycles. The van der Waals surface area contributed by atoms with Crippen molar-refractivity contribution >= 4 is 0 Å². The second-order valence-corrected chi connectivity index (χ2v) is 3.92. The normalized spacial score (nSPS) is 12.6. The van der Waals surface area contributed by atoms with E-state index in [-0.39, 0.29) is 6.73 Å². The third-order valence-electron chi connectivity index (χ3n) is 2.57. The summed E-state index contributed by atoms with van der Waals surface area (Å²) in [5.41, 5.74) is 1.09. The third-order valence-corrected chi connectivity index (χ3v) is 2.57. The summed E-state index contributed by atoms with van der Waals surface area (Å²) in [6.07, 6.45) is -0.0840. The molecule has 0 aliphatic carbocycles. The fourth-order valence-corrected chi connectivity index (χ4v) is 1.55. The first-order valence-corrected chi connectivity index (χ1v) is 5.87. The maximum absolute atomic E-state index is 9.70. The molecule has 0 bridgehead atoms. The molecule has 96 valence electrons. The molecule has 0 amide bonds. The van der Waals surface area contributed by atoms with Gasteiger partial charge in [-0.2, -0.15) is 0 Å². The van der Waals surface area contributed by atoms with E-state index >= 15 is 0 Å². The molecule has 0 spiro atoms. The summed E-state index contributed by atoms with van der Waals surface area (Å²) in [7, 11) is 0. The summed E-state index contributed by atoms with van der Waals surface area (Å²) in [5.74, 6) is 0.436. The minimum absolute atomic E-state index is 0.230. The smallest absolute Gasteiger partial charge is 0.182 e. The largest absolute Gasteiger partial charge is 0.385 e. The molecule has 18 heavy (non-hydrogen) atoms. The molecule has 2 aromatic rings. The zero-order valence-electron chi connectivity index (χ0n) is 10.2. The monoisotopic (exact) mass is 248 g/mol. The zero-order chi connectivity index (χ0) is 12.8. The van der Waals surface area contributed by atoms with E-state index in [2.05, 4.69) is 15.5 Å². The molecule has 2 rings (SSSR count). The van der Waals surface area contributed by atoms with Gasteiger partial charge in [-0.3, -0.25) is 0 Å². The fourth-order valence-electron chi connectivity index (χ4n) is 1.55. The lowest BCUT2D eigenvalue weighted by Crippen LogP contribution is -2.12. The fraction of sp³-hybridized carbons (Fsp3) is 0.417. The summed E-state index contributed by atoms with van der Waals surface area (Å²) >= 11 is 0. The van der Waals surface area contributed by atoms with Gasteiger partial charge in [-0.15, -0.1) is 5.10 Å². The van der Waals surface area contributed by atoms with Gasteiger partial charge < -0.3 is 9.84 Å². The zero-order valence-corrected chi connectivity index (χ0v) is 10.2. The van der Waals surface area contributed by atoms with E-state index in [1.165, 1.54) is 4.68 Å². The van der Waals surface area contributed by atoms with Crippen molar-refractivity contribution in [2.75, 3.05) is 0 Å². The Labute approximate surface area is 105 Å². The van der Waals surface area contributed by atoms with Crippen LogP contribution >= 0.6 is 0 Å². The first-order chi connectivity index (χ1) is 8.81. The van der Waals surface area contributed by atoms with E-state index in [1.807, 2.05) is 37.3 Å². The Morgan fingerprint density at radius 2 is 2.11 bits per heavy atom. The van der Waals surface area contributed by atoms with Crippen molar-refractivity contribution in [2.45, 2.75) is 32.8 Å². The Kier molecular flexibility index (Phi) is 4.38. The molecule has 6 nitrogen and oxygen atoms in total. The highest BCUT2D eigenvalue weighted by molar-refractivity contribution is 5.13. The summed E-state index contributed by atoms with van der Waals surface area (Å²) in [5, 5.41) is 20.8. The average molecular weight is 248 g/mol. The van der Waals surface area contributed by atoms with Gasteiger partial charge in [0, 0.05) is 0 Å². The predicted molar refractivity (Wildman–Crippen MR) is 64.3 cm³/mol. The number of aliphatic hydroxyl groups excluding tert-OH is 1. The number of tetrazole rings is 1. The van der Waals surface area contributed by atoms with Crippen LogP contribution in [0, 0.1) is 0 Å². The van der Waals surface area contributed by atoms with Crippen molar-refractivity contribution in [2.24, 2.45) is 0 Å². The van der Waals surface area contributed by atoms with Crippen LogP contribution in [0.15, 0.2) is 30.3 Å². The molecule has 1 unspecified atom stereocenters. The quantitative estimate of drug-likeness (QED) is 0.834. The van der Waals surface area contributed by atoms with Gasteiger partial charge in [0.15, 0.2) is 5.82 Å². The van der Waals surface area contributed by atoms with Crippen LogP contribution in [0.2, 0.25) is 0 Å². The Balaban J connectivity index is 1.89. The Morgan fingerprint density at radius 3 is 2.83 bits per heavy atom. The number of aliphatic hydroxyl groups is 1. The molecule has 0 aliphatic heterocycles. The molecule has 0 saturated carbocycles. The molecule has 6 heteroatoms. The van der Waals surface area contributed by atoms with Gasteiger partial charge in [0.05, 0.1) is 6.61 Å². The lowest BCUT2D eigenvalue weighted by atomic mass is 10.2. The van der Waals surface area contributed by atoms with Crippen LogP contribution in [0.3, 0.4) is 0 Å². The van der Waals surface area contributed by atoms with E-state index < -0.39 is 6.10 Å². The van der Waals surface area contributed by atoms with Gasteiger partial charge in [-0.1, -0.05) is 37.3 Å². The number of ether oxygens (including phenoxy) is 1. The molecule has 0 fully saturated rings. The maximum atomic E-state index is 9.70. The predicted octanol–water partition coefficient (Wildman–Crippen LogP) is 1.29. The number of hydrogen-bond donors (Lipinski definition) is 1. The number of hydrogen-bond acceptors (Lipinski definition) is 5. The number of aromatic nitrogens is 4. The molecule has 1 heterocycles. The van der Waals surface area contributed by atoms with Crippen molar-refractivity contribution in [3.8, 4) is 0 Å². The SMILES string of the molecule is CCC(O)c1nnnn1COCc1ccccc1. The first-order valence-electron chi connectivity index (χ1n) is 5.87.